The third-order valence-corrected chi connectivity index (χ3v) is 2.20. The van der Waals surface area contributed by atoms with Gasteiger partial charge in [0.15, 0.2) is 5.75 Å². The molecule has 0 aromatic heterocycles. The van der Waals surface area contributed by atoms with Gasteiger partial charge in [-0.3, -0.25) is 14.9 Å². The summed E-state index contributed by atoms with van der Waals surface area (Å²) in [4.78, 5) is 21.5. The number of halogens is 1. The highest BCUT2D eigenvalue weighted by Gasteiger charge is 2.17. The van der Waals surface area contributed by atoms with Crippen LogP contribution in [0.2, 0.25) is 0 Å². The fourth-order valence-electron chi connectivity index (χ4n) is 1.15. The van der Waals surface area contributed by atoms with Crippen molar-refractivity contribution in [2.75, 3.05) is 12.4 Å². The Balaban J connectivity index is 3.00. The van der Waals surface area contributed by atoms with E-state index in [2.05, 4.69) is 5.32 Å². The summed E-state index contributed by atoms with van der Waals surface area (Å²) >= 11 is 5.57. The average molecular weight is 259 g/mol. The topological polar surface area (TPSA) is 81.5 Å². The molecule has 92 valence electrons. The molecule has 0 aliphatic heterocycles. The number of hydrogen-bond donors (Lipinski definition) is 1. The largest absolute Gasteiger partial charge is 0.490 e. The number of carbonyl (C=O) groups excluding carboxylic acids is 1. The van der Waals surface area contributed by atoms with E-state index in [1.807, 2.05) is 0 Å². The minimum atomic E-state index is -0.712. The first-order chi connectivity index (χ1) is 7.95. The van der Waals surface area contributed by atoms with Gasteiger partial charge in [-0.05, 0) is 19.1 Å². The number of anilines is 1. The van der Waals surface area contributed by atoms with Crippen LogP contribution < -0.4 is 10.1 Å². The van der Waals surface area contributed by atoms with Crippen LogP contribution >= 0.6 is 11.6 Å². The van der Waals surface area contributed by atoms with Gasteiger partial charge >= 0.3 is 5.69 Å². The van der Waals surface area contributed by atoms with Gasteiger partial charge in [0.1, 0.15) is 5.38 Å². The average Bonchev–Trinajstić information content (AvgIpc) is 2.28. The van der Waals surface area contributed by atoms with E-state index in [1.165, 1.54) is 32.2 Å². The number of rotatable bonds is 4. The Morgan fingerprint density at radius 1 is 1.59 bits per heavy atom. The number of alkyl halides is 1. The SMILES string of the molecule is COc1ccc(NC(=O)C(C)Cl)cc1[N+](=O)[O-]. The van der Waals surface area contributed by atoms with Gasteiger partial charge in [0, 0.05) is 11.8 Å². The van der Waals surface area contributed by atoms with E-state index in [-0.39, 0.29) is 11.4 Å². The molecule has 1 rings (SSSR count). The van der Waals surface area contributed by atoms with Crippen LogP contribution in [0.15, 0.2) is 18.2 Å². The van der Waals surface area contributed by atoms with Crippen molar-refractivity contribution in [1.82, 2.24) is 0 Å². The smallest absolute Gasteiger partial charge is 0.312 e. The van der Waals surface area contributed by atoms with Crippen molar-refractivity contribution in [3.8, 4) is 5.75 Å². The summed E-state index contributed by atoms with van der Waals surface area (Å²) in [6, 6.07) is 4.13. The van der Waals surface area contributed by atoms with Crippen molar-refractivity contribution >= 4 is 28.9 Å². The van der Waals surface area contributed by atoms with Crippen molar-refractivity contribution < 1.29 is 14.5 Å². The molecule has 7 heteroatoms. The van der Waals surface area contributed by atoms with Gasteiger partial charge in [0.05, 0.1) is 12.0 Å². The molecule has 1 atom stereocenters. The van der Waals surface area contributed by atoms with E-state index in [1.54, 1.807) is 0 Å². The van der Waals surface area contributed by atoms with Crippen LogP contribution in [0.1, 0.15) is 6.92 Å². The minimum Gasteiger partial charge on any atom is -0.490 e. The zero-order valence-electron chi connectivity index (χ0n) is 9.27. The summed E-state index contributed by atoms with van der Waals surface area (Å²) in [6.07, 6.45) is 0. The first kappa shape index (κ1) is 13.2. The number of benzene rings is 1. The molecule has 0 radical (unpaired) electrons. The van der Waals surface area contributed by atoms with Crippen molar-refractivity contribution in [2.45, 2.75) is 12.3 Å². The molecule has 0 spiro atoms. The third-order valence-electron chi connectivity index (χ3n) is 2.00. The predicted octanol–water partition coefficient (Wildman–Crippen LogP) is 2.17. The van der Waals surface area contributed by atoms with E-state index in [0.29, 0.717) is 5.69 Å². The maximum Gasteiger partial charge on any atom is 0.312 e. The minimum absolute atomic E-state index is 0.131. The summed E-state index contributed by atoms with van der Waals surface area (Å²) in [6.45, 7) is 1.51. The molecule has 0 fully saturated rings. The van der Waals surface area contributed by atoms with Crippen molar-refractivity contribution in [3.63, 3.8) is 0 Å². The molecule has 0 saturated carbocycles. The lowest BCUT2D eigenvalue weighted by atomic mass is 10.2. The molecule has 0 aliphatic carbocycles. The first-order valence-electron chi connectivity index (χ1n) is 4.73. The number of nitrogens with zero attached hydrogens (tertiary/aromatic N) is 1. The first-order valence-corrected chi connectivity index (χ1v) is 5.16. The molecule has 1 aromatic rings. The van der Waals surface area contributed by atoms with Gasteiger partial charge in [-0.15, -0.1) is 11.6 Å². The molecule has 6 nitrogen and oxygen atoms in total. The quantitative estimate of drug-likeness (QED) is 0.510. The Hall–Kier alpha value is -1.82. The van der Waals surface area contributed by atoms with Crippen LogP contribution in [0.3, 0.4) is 0 Å². The van der Waals surface area contributed by atoms with Crippen LogP contribution in [0.5, 0.6) is 5.75 Å². The number of hydrogen-bond acceptors (Lipinski definition) is 4. The molecule has 0 heterocycles. The Kier molecular flexibility index (Phi) is 4.28. The van der Waals surface area contributed by atoms with Gasteiger partial charge in [0.25, 0.3) is 0 Å². The molecule has 1 unspecified atom stereocenters. The normalized spacial score (nSPS) is 11.7. The third kappa shape index (κ3) is 3.32. The van der Waals surface area contributed by atoms with Crippen molar-refractivity contribution in [2.24, 2.45) is 0 Å². The highest BCUT2D eigenvalue weighted by Crippen LogP contribution is 2.29. The maximum absolute atomic E-state index is 11.3. The number of ether oxygens (including phenoxy) is 1. The number of nitro groups is 1. The fraction of sp³-hybridized carbons (Fsp3) is 0.300. The number of methoxy groups -OCH3 is 1. The number of carbonyl (C=O) groups is 1. The molecule has 1 aromatic carbocycles. The predicted molar refractivity (Wildman–Crippen MR) is 63.6 cm³/mol. The van der Waals surface area contributed by atoms with Crippen molar-refractivity contribution in [3.05, 3.63) is 28.3 Å². The molecule has 1 amide bonds. The van der Waals surface area contributed by atoms with Gasteiger partial charge in [0.2, 0.25) is 5.91 Å². The van der Waals surface area contributed by atoms with Crippen LogP contribution in [-0.2, 0) is 4.79 Å². The second-order valence-corrected chi connectivity index (χ2v) is 3.90. The molecule has 17 heavy (non-hydrogen) atoms. The van der Waals surface area contributed by atoms with Crippen LogP contribution in [-0.4, -0.2) is 23.3 Å². The van der Waals surface area contributed by atoms with Crippen LogP contribution in [0.4, 0.5) is 11.4 Å². The number of nitrogens with one attached hydrogen (secondary N) is 1. The molecule has 0 aliphatic rings. The van der Waals surface area contributed by atoms with Gasteiger partial charge in [-0.25, -0.2) is 0 Å². The van der Waals surface area contributed by atoms with Crippen LogP contribution in [0, 0.1) is 10.1 Å². The van der Waals surface area contributed by atoms with Gasteiger partial charge in [-0.1, -0.05) is 0 Å². The maximum atomic E-state index is 11.3. The van der Waals surface area contributed by atoms with E-state index >= 15 is 0 Å². The standard InChI is InChI=1S/C10H11ClN2O4/c1-6(11)10(14)12-7-3-4-9(17-2)8(5-7)13(15)16/h3-6H,1-2H3,(H,12,14). The zero-order valence-corrected chi connectivity index (χ0v) is 10.0. The Bertz CT molecular complexity index is 448. The summed E-state index contributed by atoms with van der Waals surface area (Å²) in [5.74, 6) is -0.293. The highest BCUT2D eigenvalue weighted by molar-refractivity contribution is 6.32. The van der Waals surface area contributed by atoms with E-state index < -0.39 is 16.2 Å². The summed E-state index contributed by atoms with van der Waals surface area (Å²) < 4.78 is 4.83. The lowest BCUT2D eigenvalue weighted by Crippen LogP contribution is -2.20. The molecular formula is C10H11ClN2O4. The number of amides is 1. The van der Waals surface area contributed by atoms with Gasteiger partial charge < -0.3 is 10.1 Å². The van der Waals surface area contributed by atoms with Crippen LogP contribution in [0.25, 0.3) is 0 Å². The molecule has 1 N–H and O–H groups in total. The summed E-state index contributed by atoms with van der Waals surface area (Å²) in [7, 11) is 1.33. The summed E-state index contributed by atoms with van der Waals surface area (Å²) in [5.41, 5.74) is 0.0857. The van der Waals surface area contributed by atoms with Gasteiger partial charge in [-0.2, -0.15) is 0 Å². The Morgan fingerprint density at radius 3 is 2.71 bits per heavy atom. The lowest BCUT2D eigenvalue weighted by Gasteiger charge is -2.07. The Labute approximate surface area is 103 Å². The Morgan fingerprint density at radius 2 is 2.24 bits per heavy atom. The molecular weight excluding hydrogens is 248 g/mol. The summed E-state index contributed by atoms with van der Waals surface area (Å²) in [5, 5.41) is 12.5. The second-order valence-electron chi connectivity index (χ2n) is 3.25. The fourth-order valence-corrected chi connectivity index (χ4v) is 1.21. The second kappa shape index (κ2) is 5.49. The molecule has 0 bridgehead atoms. The van der Waals surface area contributed by atoms with E-state index in [0.717, 1.165) is 0 Å². The monoisotopic (exact) mass is 258 g/mol. The van der Waals surface area contributed by atoms with Crippen molar-refractivity contribution in [1.29, 1.82) is 0 Å². The zero-order chi connectivity index (χ0) is 13.0. The van der Waals surface area contributed by atoms with E-state index in [4.69, 9.17) is 16.3 Å². The van der Waals surface area contributed by atoms with E-state index in [9.17, 15) is 14.9 Å². The highest BCUT2D eigenvalue weighted by atomic mass is 35.5. The lowest BCUT2D eigenvalue weighted by molar-refractivity contribution is -0.385. The molecule has 0 saturated heterocycles. The number of nitro benzene ring substituents is 1.